The molecule has 1 rings (SSSR count). The minimum Gasteiger partial charge on any atom is -0.464 e. The van der Waals surface area contributed by atoms with Crippen molar-refractivity contribution in [1.29, 1.82) is 0 Å². The van der Waals surface area contributed by atoms with Gasteiger partial charge in [-0.3, -0.25) is 0 Å². The van der Waals surface area contributed by atoms with Crippen LogP contribution < -0.4 is 0 Å². The number of carbonyl (C=O) groups is 1. The Kier molecular flexibility index (Phi) is 5.32. The highest BCUT2D eigenvalue weighted by Crippen LogP contribution is 2.27. The number of hydrogen-bond donors (Lipinski definition) is 2. The van der Waals surface area contributed by atoms with Gasteiger partial charge < -0.3 is 14.9 Å². The van der Waals surface area contributed by atoms with Crippen LogP contribution in [0.15, 0.2) is 16.7 Å². The average Bonchev–Trinajstić information content (AvgIpc) is 2.30. The van der Waals surface area contributed by atoms with Crippen molar-refractivity contribution >= 4 is 33.5 Å². The second-order valence-corrected chi connectivity index (χ2v) is 4.41. The summed E-state index contributed by atoms with van der Waals surface area (Å²) in [6.07, 6.45) is -1.72. The largest absolute Gasteiger partial charge is 0.464 e. The van der Waals surface area contributed by atoms with Crippen molar-refractivity contribution in [2.24, 2.45) is 0 Å². The minimum atomic E-state index is -1.66. The number of carbonyl (C=O) groups excluding carboxylic acids is 1. The topological polar surface area (TPSA) is 79.7 Å². The maximum atomic E-state index is 11.3. The zero-order valence-corrected chi connectivity index (χ0v) is 11.3. The van der Waals surface area contributed by atoms with Gasteiger partial charge in [0.2, 0.25) is 0 Å². The number of hydrogen-bond acceptors (Lipinski definition) is 5. The van der Waals surface area contributed by atoms with Gasteiger partial charge in [-0.2, -0.15) is 0 Å². The molecule has 0 radical (unpaired) electrons. The highest BCUT2D eigenvalue weighted by Gasteiger charge is 2.28. The second-order valence-electron chi connectivity index (χ2n) is 3.17. The third-order valence-electron chi connectivity index (χ3n) is 2.00. The van der Waals surface area contributed by atoms with Crippen molar-refractivity contribution in [2.45, 2.75) is 19.1 Å². The van der Waals surface area contributed by atoms with Crippen molar-refractivity contribution in [1.82, 2.24) is 4.98 Å². The SMILES string of the molecule is CCOC(=O)C(O)C(O)c1cc(Cl)ncc1Br. The number of nitrogens with zero attached hydrogens (tertiary/aromatic N) is 1. The fourth-order valence-electron chi connectivity index (χ4n) is 1.18. The molecule has 0 saturated heterocycles. The van der Waals surface area contributed by atoms with E-state index in [2.05, 4.69) is 25.7 Å². The molecule has 0 bridgehead atoms. The molecule has 2 unspecified atom stereocenters. The summed E-state index contributed by atoms with van der Waals surface area (Å²) >= 11 is 8.81. The van der Waals surface area contributed by atoms with E-state index in [1.165, 1.54) is 12.3 Å². The summed E-state index contributed by atoms with van der Waals surface area (Å²) in [5.74, 6) is -0.889. The molecule has 7 heteroatoms. The van der Waals surface area contributed by atoms with Crippen LogP contribution in [0.1, 0.15) is 18.6 Å². The molecule has 0 aromatic carbocycles. The lowest BCUT2D eigenvalue weighted by Gasteiger charge is -2.17. The van der Waals surface area contributed by atoms with Gasteiger partial charge in [0.05, 0.1) is 6.61 Å². The first-order valence-electron chi connectivity index (χ1n) is 4.81. The normalized spacial score (nSPS) is 14.2. The Bertz CT molecular complexity index is 415. The molecular weight excluding hydrogens is 313 g/mol. The van der Waals surface area contributed by atoms with E-state index in [1.807, 2.05) is 0 Å². The molecule has 0 aliphatic rings. The summed E-state index contributed by atoms with van der Waals surface area (Å²) < 4.78 is 5.05. The van der Waals surface area contributed by atoms with Gasteiger partial charge >= 0.3 is 5.97 Å². The van der Waals surface area contributed by atoms with Crippen molar-refractivity contribution in [3.05, 3.63) is 27.5 Å². The maximum absolute atomic E-state index is 11.3. The van der Waals surface area contributed by atoms with Crippen LogP contribution >= 0.6 is 27.5 Å². The van der Waals surface area contributed by atoms with E-state index in [-0.39, 0.29) is 17.3 Å². The Balaban J connectivity index is 2.91. The molecule has 1 aromatic rings. The molecule has 1 aromatic heterocycles. The van der Waals surface area contributed by atoms with Crippen molar-refractivity contribution in [2.75, 3.05) is 6.61 Å². The van der Waals surface area contributed by atoms with Crippen LogP contribution in [0.25, 0.3) is 0 Å². The first-order chi connectivity index (χ1) is 7.97. The van der Waals surface area contributed by atoms with Crippen LogP contribution in [-0.2, 0) is 9.53 Å². The van der Waals surface area contributed by atoms with Gasteiger partial charge in [0.15, 0.2) is 6.10 Å². The van der Waals surface area contributed by atoms with Gasteiger partial charge in [-0.15, -0.1) is 0 Å². The molecule has 94 valence electrons. The highest BCUT2D eigenvalue weighted by molar-refractivity contribution is 9.10. The zero-order chi connectivity index (χ0) is 13.0. The molecule has 0 aliphatic heterocycles. The molecule has 0 fully saturated rings. The summed E-state index contributed by atoms with van der Waals surface area (Å²) in [6, 6.07) is 1.36. The van der Waals surface area contributed by atoms with Gasteiger partial charge in [-0.1, -0.05) is 11.6 Å². The zero-order valence-electron chi connectivity index (χ0n) is 8.93. The highest BCUT2D eigenvalue weighted by atomic mass is 79.9. The quantitative estimate of drug-likeness (QED) is 0.647. The lowest BCUT2D eigenvalue weighted by atomic mass is 10.1. The summed E-state index contributed by atoms with van der Waals surface area (Å²) in [5, 5.41) is 19.6. The molecule has 2 atom stereocenters. The summed E-state index contributed by atoms with van der Waals surface area (Å²) in [7, 11) is 0. The van der Waals surface area contributed by atoms with Crippen LogP contribution in [0, 0.1) is 0 Å². The number of ether oxygens (including phenoxy) is 1. The number of esters is 1. The number of aromatic nitrogens is 1. The van der Waals surface area contributed by atoms with Crippen molar-refractivity contribution < 1.29 is 19.7 Å². The Hall–Kier alpha value is -0.690. The van der Waals surface area contributed by atoms with E-state index in [1.54, 1.807) is 6.92 Å². The molecule has 0 aliphatic carbocycles. The molecule has 17 heavy (non-hydrogen) atoms. The third kappa shape index (κ3) is 3.64. The lowest BCUT2D eigenvalue weighted by Crippen LogP contribution is -2.30. The van der Waals surface area contributed by atoms with E-state index in [0.717, 1.165) is 0 Å². The molecule has 0 saturated carbocycles. The minimum absolute atomic E-state index is 0.126. The average molecular weight is 325 g/mol. The Morgan fingerprint density at radius 2 is 2.29 bits per heavy atom. The predicted molar refractivity (Wildman–Crippen MR) is 64.5 cm³/mol. The molecule has 2 N–H and O–H groups in total. The summed E-state index contributed by atoms with van der Waals surface area (Å²) in [6.45, 7) is 1.73. The fourth-order valence-corrected chi connectivity index (χ4v) is 1.80. The molecule has 5 nitrogen and oxygen atoms in total. The summed E-state index contributed by atoms with van der Waals surface area (Å²) in [5.41, 5.74) is 0.269. The van der Waals surface area contributed by atoms with Gasteiger partial charge in [0.1, 0.15) is 11.3 Å². The van der Waals surface area contributed by atoms with E-state index >= 15 is 0 Å². The first-order valence-corrected chi connectivity index (χ1v) is 5.98. The smallest absolute Gasteiger partial charge is 0.338 e. The Labute approximate surface area is 112 Å². The van der Waals surface area contributed by atoms with Gasteiger partial charge in [0, 0.05) is 16.2 Å². The molecule has 0 spiro atoms. The van der Waals surface area contributed by atoms with Gasteiger partial charge in [-0.05, 0) is 28.9 Å². The van der Waals surface area contributed by atoms with Crippen molar-refractivity contribution in [3.63, 3.8) is 0 Å². The Morgan fingerprint density at radius 1 is 1.65 bits per heavy atom. The van der Waals surface area contributed by atoms with Crippen molar-refractivity contribution in [3.8, 4) is 0 Å². The monoisotopic (exact) mass is 323 g/mol. The van der Waals surface area contributed by atoms with Crippen LogP contribution in [-0.4, -0.2) is 33.9 Å². The summed E-state index contributed by atoms with van der Waals surface area (Å²) in [4.78, 5) is 15.0. The van der Waals surface area contributed by atoms with E-state index in [4.69, 9.17) is 11.6 Å². The first kappa shape index (κ1) is 14.4. The van der Waals surface area contributed by atoms with E-state index in [0.29, 0.717) is 4.47 Å². The maximum Gasteiger partial charge on any atom is 0.338 e. The molecular formula is C10H11BrClNO4. The lowest BCUT2D eigenvalue weighted by molar-refractivity contribution is -0.159. The number of aliphatic hydroxyl groups is 2. The Morgan fingerprint density at radius 3 is 2.88 bits per heavy atom. The van der Waals surface area contributed by atoms with E-state index < -0.39 is 18.2 Å². The van der Waals surface area contributed by atoms with Crippen LogP contribution in [0.5, 0.6) is 0 Å². The number of aliphatic hydroxyl groups excluding tert-OH is 2. The van der Waals surface area contributed by atoms with Gasteiger partial charge in [0.25, 0.3) is 0 Å². The number of halogens is 2. The molecule has 1 heterocycles. The second kappa shape index (κ2) is 6.30. The van der Waals surface area contributed by atoms with Crippen LogP contribution in [0.2, 0.25) is 5.15 Å². The van der Waals surface area contributed by atoms with Crippen LogP contribution in [0.3, 0.4) is 0 Å². The molecule has 0 amide bonds. The number of pyridine rings is 1. The standard InChI is InChI=1S/C10H11BrClNO4/c1-2-17-10(16)9(15)8(14)5-3-7(12)13-4-6(5)11/h3-4,8-9,14-15H,2H2,1H3. The fraction of sp³-hybridized carbons (Fsp3) is 0.400. The van der Waals surface area contributed by atoms with Gasteiger partial charge in [-0.25, -0.2) is 9.78 Å². The van der Waals surface area contributed by atoms with Crippen LogP contribution in [0.4, 0.5) is 0 Å². The number of rotatable bonds is 4. The predicted octanol–water partition coefficient (Wildman–Crippen LogP) is 1.45. The third-order valence-corrected chi connectivity index (χ3v) is 2.87. The van der Waals surface area contributed by atoms with E-state index in [9.17, 15) is 15.0 Å².